The van der Waals surface area contributed by atoms with Gasteiger partial charge in [-0.1, -0.05) is 6.07 Å². The third kappa shape index (κ3) is 2.27. The molecule has 4 nitrogen and oxygen atoms in total. The molecule has 0 saturated carbocycles. The van der Waals surface area contributed by atoms with Crippen molar-refractivity contribution in [2.24, 2.45) is 0 Å². The van der Waals surface area contributed by atoms with E-state index in [9.17, 15) is 4.79 Å². The van der Waals surface area contributed by atoms with Gasteiger partial charge in [0.15, 0.2) is 0 Å². The van der Waals surface area contributed by atoms with E-state index < -0.39 is 0 Å². The van der Waals surface area contributed by atoms with Crippen molar-refractivity contribution < 1.29 is 9.53 Å². The lowest BCUT2D eigenvalue weighted by Gasteiger charge is -2.26. The molecule has 1 aromatic rings. The van der Waals surface area contributed by atoms with Crippen LogP contribution in [0.1, 0.15) is 5.56 Å². The Kier molecular flexibility index (Phi) is 3.32. The molecular weight excluding hydrogens is 248 g/mol. The van der Waals surface area contributed by atoms with E-state index in [2.05, 4.69) is 5.32 Å². The van der Waals surface area contributed by atoms with Crippen molar-refractivity contribution in [3.05, 3.63) is 23.8 Å². The molecule has 1 saturated heterocycles. The molecule has 0 spiro atoms. The Balaban J connectivity index is 1.72. The summed E-state index contributed by atoms with van der Waals surface area (Å²) < 4.78 is 5.50. The van der Waals surface area contributed by atoms with Crippen molar-refractivity contribution in [3.63, 3.8) is 0 Å². The summed E-state index contributed by atoms with van der Waals surface area (Å²) in [6.07, 6.45) is 0.877. The van der Waals surface area contributed by atoms with Crippen LogP contribution in [0.5, 0.6) is 5.75 Å². The topological polar surface area (TPSA) is 41.6 Å². The molecular formula is C13H16N2O2S. The maximum absolute atomic E-state index is 12.1. The third-order valence-electron chi connectivity index (χ3n) is 3.28. The Morgan fingerprint density at radius 1 is 1.33 bits per heavy atom. The van der Waals surface area contributed by atoms with Crippen molar-refractivity contribution in [1.29, 1.82) is 0 Å². The van der Waals surface area contributed by atoms with E-state index in [1.807, 2.05) is 34.9 Å². The number of nitrogens with zero attached hydrogens (tertiary/aromatic N) is 1. The van der Waals surface area contributed by atoms with Crippen LogP contribution in [-0.4, -0.2) is 42.1 Å². The van der Waals surface area contributed by atoms with Crippen LogP contribution in [0, 0.1) is 0 Å². The number of benzene rings is 1. The smallest absolute Gasteiger partial charge is 0.321 e. The van der Waals surface area contributed by atoms with Gasteiger partial charge >= 0.3 is 6.03 Å². The monoisotopic (exact) mass is 264 g/mol. The molecule has 3 rings (SSSR count). The Morgan fingerprint density at radius 2 is 2.17 bits per heavy atom. The maximum Gasteiger partial charge on any atom is 0.321 e. The number of anilines is 1. The van der Waals surface area contributed by atoms with Gasteiger partial charge in [-0.25, -0.2) is 4.79 Å². The highest BCUT2D eigenvalue weighted by Crippen LogP contribution is 2.31. The lowest BCUT2D eigenvalue weighted by Crippen LogP contribution is -2.40. The molecule has 2 amide bonds. The SMILES string of the molecule is O=C(Nc1cccc2c1CCO2)N1CCSCC1. The second-order valence-electron chi connectivity index (χ2n) is 4.41. The summed E-state index contributed by atoms with van der Waals surface area (Å²) in [5.74, 6) is 2.97. The summed E-state index contributed by atoms with van der Waals surface area (Å²) in [5.41, 5.74) is 2.02. The van der Waals surface area contributed by atoms with Crippen LogP contribution in [0.15, 0.2) is 18.2 Å². The number of hydrogen-bond donors (Lipinski definition) is 1. The predicted octanol–water partition coefficient (Wildman–Crippen LogP) is 2.20. The standard InChI is InChI=1S/C13H16N2O2S/c16-13(15-5-8-18-9-6-15)14-11-2-1-3-12-10(11)4-7-17-12/h1-3H,4-9H2,(H,14,16). The minimum Gasteiger partial charge on any atom is -0.493 e. The molecule has 0 aliphatic carbocycles. The molecule has 0 atom stereocenters. The molecule has 2 aliphatic heterocycles. The Hall–Kier alpha value is -1.36. The van der Waals surface area contributed by atoms with E-state index in [0.29, 0.717) is 6.61 Å². The van der Waals surface area contributed by atoms with Crippen LogP contribution >= 0.6 is 11.8 Å². The number of thioether (sulfide) groups is 1. The fourth-order valence-corrected chi connectivity index (χ4v) is 3.20. The summed E-state index contributed by atoms with van der Waals surface area (Å²) in [7, 11) is 0. The van der Waals surface area contributed by atoms with Crippen LogP contribution in [0.4, 0.5) is 10.5 Å². The number of carbonyl (C=O) groups is 1. The van der Waals surface area contributed by atoms with Gasteiger partial charge in [0, 0.05) is 42.3 Å². The van der Waals surface area contributed by atoms with Gasteiger partial charge in [-0.2, -0.15) is 11.8 Å². The van der Waals surface area contributed by atoms with Crippen molar-refractivity contribution in [2.45, 2.75) is 6.42 Å². The van der Waals surface area contributed by atoms with E-state index in [0.717, 1.165) is 48.0 Å². The first-order chi connectivity index (χ1) is 8.84. The van der Waals surface area contributed by atoms with Gasteiger partial charge in [0.05, 0.1) is 6.61 Å². The van der Waals surface area contributed by atoms with E-state index in [1.165, 1.54) is 0 Å². The molecule has 5 heteroatoms. The third-order valence-corrected chi connectivity index (χ3v) is 4.23. The molecule has 2 aliphatic rings. The molecule has 1 fully saturated rings. The van der Waals surface area contributed by atoms with E-state index >= 15 is 0 Å². The van der Waals surface area contributed by atoms with Gasteiger partial charge in [0.2, 0.25) is 0 Å². The number of carbonyl (C=O) groups excluding carboxylic acids is 1. The van der Waals surface area contributed by atoms with Gasteiger partial charge < -0.3 is 15.0 Å². The number of nitrogens with one attached hydrogen (secondary N) is 1. The van der Waals surface area contributed by atoms with Gasteiger partial charge in [-0.15, -0.1) is 0 Å². The zero-order valence-corrected chi connectivity index (χ0v) is 11.0. The molecule has 1 N–H and O–H groups in total. The lowest BCUT2D eigenvalue weighted by molar-refractivity contribution is 0.217. The highest BCUT2D eigenvalue weighted by atomic mass is 32.2. The number of rotatable bonds is 1. The largest absolute Gasteiger partial charge is 0.493 e. The summed E-state index contributed by atoms with van der Waals surface area (Å²) in [4.78, 5) is 14.0. The highest BCUT2D eigenvalue weighted by molar-refractivity contribution is 7.99. The molecule has 1 aromatic carbocycles. The second-order valence-corrected chi connectivity index (χ2v) is 5.64. The number of fused-ring (bicyclic) bond motifs is 1. The van der Waals surface area contributed by atoms with Crippen molar-refractivity contribution >= 4 is 23.5 Å². The lowest BCUT2D eigenvalue weighted by atomic mass is 10.1. The fraction of sp³-hybridized carbons (Fsp3) is 0.462. The van der Waals surface area contributed by atoms with Crippen LogP contribution in [0.25, 0.3) is 0 Å². The van der Waals surface area contributed by atoms with Gasteiger partial charge in [-0.05, 0) is 12.1 Å². The second kappa shape index (κ2) is 5.10. The number of urea groups is 1. The average Bonchev–Trinajstić information content (AvgIpc) is 2.89. The zero-order chi connectivity index (χ0) is 12.4. The Labute approximate surface area is 111 Å². The van der Waals surface area contributed by atoms with Crippen molar-refractivity contribution in [3.8, 4) is 5.75 Å². The number of ether oxygens (including phenoxy) is 1. The normalized spacial score (nSPS) is 18.1. The quantitative estimate of drug-likeness (QED) is 0.845. The van der Waals surface area contributed by atoms with Crippen molar-refractivity contribution in [2.75, 3.05) is 36.5 Å². The van der Waals surface area contributed by atoms with Crippen LogP contribution in [0.2, 0.25) is 0 Å². The summed E-state index contributed by atoms with van der Waals surface area (Å²) in [6.45, 7) is 2.38. The maximum atomic E-state index is 12.1. The Morgan fingerprint density at radius 3 is 3.00 bits per heavy atom. The zero-order valence-electron chi connectivity index (χ0n) is 10.1. The first-order valence-electron chi connectivity index (χ1n) is 6.23. The predicted molar refractivity (Wildman–Crippen MR) is 73.6 cm³/mol. The van der Waals surface area contributed by atoms with Crippen LogP contribution < -0.4 is 10.1 Å². The van der Waals surface area contributed by atoms with Gasteiger partial charge in [0.1, 0.15) is 5.75 Å². The molecule has 18 heavy (non-hydrogen) atoms. The number of amides is 2. The molecule has 0 radical (unpaired) electrons. The average molecular weight is 264 g/mol. The minimum absolute atomic E-state index is 0.00981. The summed E-state index contributed by atoms with van der Waals surface area (Å²) >= 11 is 1.90. The Bertz CT molecular complexity index is 458. The van der Waals surface area contributed by atoms with Gasteiger partial charge in [-0.3, -0.25) is 0 Å². The van der Waals surface area contributed by atoms with Crippen LogP contribution in [-0.2, 0) is 6.42 Å². The van der Waals surface area contributed by atoms with Gasteiger partial charge in [0.25, 0.3) is 0 Å². The molecule has 0 aromatic heterocycles. The molecule has 0 unspecified atom stereocenters. The molecule has 2 heterocycles. The fourth-order valence-electron chi connectivity index (χ4n) is 2.30. The first kappa shape index (κ1) is 11.7. The molecule has 96 valence electrons. The molecule has 0 bridgehead atoms. The van der Waals surface area contributed by atoms with Crippen LogP contribution in [0.3, 0.4) is 0 Å². The summed E-state index contributed by atoms with van der Waals surface area (Å²) in [5, 5.41) is 3.01. The van der Waals surface area contributed by atoms with E-state index in [4.69, 9.17) is 4.74 Å². The van der Waals surface area contributed by atoms with Crippen molar-refractivity contribution in [1.82, 2.24) is 4.90 Å². The van der Waals surface area contributed by atoms with E-state index in [-0.39, 0.29) is 6.03 Å². The minimum atomic E-state index is 0.00981. The first-order valence-corrected chi connectivity index (χ1v) is 7.38. The number of hydrogen-bond acceptors (Lipinski definition) is 3. The van der Waals surface area contributed by atoms with E-state index in [1.54, 1.807) is 0 Å². The highest BCUT2D eigenvalue weighted by Gasteiger charge is 2.20. The summed E-state index contributed by atoms with van der Waals surface area (Å²) in [6, 6.07) is 5.83.